The minimum Gasteiger partial charge on any atom is -0.310 e. The molecule has 2 aliphatic rings. The molecule has 0 atom stereocenters. The second-order valence-electron chi connectivity index (χ2n) is 20.7. The highest BCUT2D eigenvalue weighted by Gasteiger charge is 2.47. The Morgan fingerprint density at radius 3 is 1.29 bits per heavy atom. The molecule has 0 radical (unpaired) electrons. The Morgan fingerprint density at radius 2 is 0.714 bits per heavy atom. The summed E-state index contributed by atoms with van der Waals surface area (Å²) in [6.07, 6.45) is 2.32. The summed E-state index contributed by atoms with van der Waals surface area (Å²) in [6, 6.07) is 92.7. The van der Waals surface area contributed by atoms with Crippen molar-refractivity contribution in [2.75, 3.05) is 4.90 Å². The van der Waals surface area contributed by atoms with Crippen LogP contribution in [0.1, 0.15) is 73.9 Å². The van der Waals surface area contributed by atoms with Crippen molar-refractivity contribution in [3.05, 3.63) is 282 Å². The predicted octanol–water partition coefficient (Wildman–Crippen LogP) is 18.5. The van der Waals surface area contributed by atoms with Crippen LogP contribution >= 0.6 is 0 Å². The molecule has 2 aliphatic carbocycles. The molecule has 0 spiro atoms. The van der Waals surface area contributed by atoms with E-state index in [1.807, 2.05) is 0 Å². The number of fused-ring (bicyclic) bond motifs is 4. The molecule has 0 heterocycles. The van der Waals surface area contributed by atoms with Crippen molar-refractivity contribution in [1.29, 1.82) is 0 Å². The van der Waals surface area contributed by atoms with Crippen molar-refractivity contribution in [3.8, 4) is 55.6 Å². The Bertz CT molecular complexity index is 3460. The van der Waals surface area contributed by atoms with Crippen molar-refractivity contribution >= 4 is 17.1 Å². The number of rotatable bonds is 9. The van der Waals surface area contributed by atoms with Gasteiger partial charge in [0.2, 0.25) is 0 Å². The van der Waals surface area contributed by atoms with Crippen LogP contribution in [0.5, 0.6) is 0 Å². The number of hydrogen-bond acceptors (Lipinski definition) is 1. The minimum absolute atomic E-state index is 0.0406. The quantitative estimate of drug-likeness (QED) is 0.140. The standard InChI is InChI=1S/C69H57N/c1-67(2)43-44-68(3,4)65-45-52(37-42-63(65)67)60-46-61-59-31-19-20-32-62(59)69(53-25-13-7-14-26-53,54-27-15-8-16-28-54)64(61)47-66(60)70(55-38-33-49(34-39-55)48-21-9-5-10-22-48)56-40-35-51(36-41-56)58-30-18-17-29-57(58)50-23-11-6-12-24-50/h5-42,45-47H,43-44H2,1-4H3. The first kappa shape index (κ1) is 43.3. The lowest BCUT2D eigenvalue weighted by molar-refractivity contribution is 0.332. The van der Waals surface area contributed by atoms with Crippen molar-refractivity contribution in [2.45, 2.75) is 56.8 Å². The minimum atomic E-state index is -0.572. The van der Waals surface area contributed by atoms with E-state index < -0.39 is 5.41 Å². The molecule has 10 aromatic carbocycles. The molecule has 10 aromatic rings. The third kappa shape index (κ3) is 7.23. The van der Waals surface area contributed by atoms with Crippen LogP contribution in [-0.4, -0.2) is 0 Å². The Labute approximate surface area is 414 Å². The third-order valence-corrected chi connectivity index (χ3v) is 15.7. The zero-order valence-corrected chi connectivity index (χ0v) is 40.5. The molecule has 338 valence electrons. The first-order valence-corrected chi connectivity index (χ1v) is 25.0. The molecule has 0 aliphatic heterocycles. The zero-order valence-electron chi connectivity index (χ0n) is 40.5. The van der Waals surface area contributed by atoms with E-state index >= 15 is 0 Å². The van der Waals surface area contributed by atoms with Gasteiger partial charge in [0.1, 0.15) is 0 Å². The van der Waals surface area contributed by atoms with Crippen LogP contribution in [-0.2, 0) is 16.2 Å². The summed E-state index contributed by atoms with van der Waals surface area (Å²) in [5, 5.41) is 0. The summed E-state index contributed by atoms with van der Waals surface area (Å²) in [5.74, 6) is 0. The SMILES string of the molecule is CC1(C)CCC(C)(C)c2cc(-c3cc4c(cc3N(c3ccc(-c5ccccc5)cc3)c3ccc(-c5ccccc5-c5ccccc5)cc3)C(c3ccccc3)(c3ccccc3)c3ccccc3-4)ccc21. The van der Waals surface area contributed by atoms with E-state index in [-0.39, 0.29) is 10.8 Å². The molecule has 0 unspecified atom stereocenters. The molecule has 0 N–H and O–H groups in total. The van der Waals surface area contributed by atoms with Gasteiger partial charge in [-0.3, -0.25) is 0 Å². The van der Waals surface area contributed by atoms with Gasteiger partial charge in [-0.15, -0.1) is 0 Å². The molecular weight excluding hydrogens is 843 g/mol. The average molecular weight is 900 g/mol. The molecule has 0 bridgehead atoms. The highest BCUT2D eigenvalue weighted by Crippen LogP contribution is 2.59. The lowest BCUT2D eigenvalue weighted by Crippen LogP contribution is -2.33. The smallest absolute Gasteiger partial charge is 0.0714 e. The highest BCUT2D eigenvalue weighted by atomic mass is 15.1. The van der Waals surface area contributed by atoms with E-state index in [0.717, 1.165) is 23.5 Å². The Balaban J connectivity index is 1.15. The van der Waals surface area contributed by atoms with Gasteiger partial charge in [0.05, 0.1) is 11.1 Å². The van der Waals surface area contributed by atoms with E-state index in [2.05, 4.69) is 281 Å². The normalized spacial score (nSPS) is 14.8. The van der Waals surface area contributed by atoms with Crippen LogP contribution in [0.3, 0.4) is 0 Å². The molecule has 1 heteroatoms. The third-order valence-electron chi connectivity index (χ3n) is 15.7. The Morgan fingerprint density at radius 1 is 0.286 bits per heavy atom. The first-order chi connectivity index (χ1) is 34.2. The van der Waals surface area contributed by atoms with Gasteiger partial charge < -0.3 is 4.90 Å². The maximum Gasteiger partial charge on any atom is 0.0714 e. The van der Waals surface area contributed by atoms with Crippen LogP contribution in [0.15, 0.2) is 249 Å². The van der Waals surface area contributed by atoms with E-state index in [1.54, 1.807) is 0 Å². The summed E-state index contributed by atoms with van der Waals surface area (Å²) in [7, 11) is 0. The number of anilines is 3. The highest BCUT2D eigenvalue weighted by molar-refractivity contribution is 5.97. The molecule has 0 saturated heterocycles. The van der Waals surface area contributed by atoms with Gasteiger partial charge in [-0.2, -0.15) is 0 Å². The molecule has 0 saturated carbocycles. The van der Waals surface area contributed by atoms with Gasteiger partial charge in [0.25, 0.3) is 0 Å². The average Bonchev–Trinajstić information content (AvgIpc) is 3.71. The van der Waals surface area contributed by atoms with Gasteiger partial charge in [0, 0.05) is 16.9 Å². The topological polar surface area (TPSA) is 3.24 Å². The second kappa shape index (κ2) is 17.2. The lowest BCUT2D eigenvalue weighted by Gasteiger charge is -2.42. The van der Waals surface area contributed by atoms with Crippen LogP contribution in [0.4, 0.5) is 17.1 Å². The fourth-order valence-corrected chi connectivity index (χ4v) is 11.9. The van der Waals surface area contributed by atoms with Crippen LogP contribution in [0, 0.1) is 0 Å². The summed E-state index contributed by atoms with van der Waals surface area (Å²) < 4.78 is 0. The molecule has 0 fully saturated rings. The van der Waals surface area contributed by atoms with Crippen LogP contribution in [0.2, 0.25) is 0 Å². The van der Waals surface area contributed by atoms with Crippen molar-refractivity contribution in [2.24, 2.45) is 0 Å². The molecule has 70 heavy (non-hydrogen) atoms. The maximum atomic E-state index is 2.56. The largest absolute Gasteiger partial charge is 0.310 e. The molecule has 0 aromatic heterocycles. The first-order valence-electron chi connectivity index (χ1n) is 25.0. The van der Waals surface area contributed by atoms with E-state index in [0.29, 0.717) is 0 Å². The summed E-state index contributed by atoms with van der Waals surface area (Å²) in [5.41, 5.74) is 23.1. The Hall–Kier alpha value is -8.00. The van der Waals surface area contributed by atoms with E-state index in [9.17, 15) is 0 Å². The van der Waals surface area contributed by atoms with Gasteiger partial charge in [-0.1, -0.05) is 240 Å². The summed E-state index contributed by atoms with van der Waals surface area (Å²) in [6.45, 7) is 9.73. The van der Waals surface area contributed by atoms with E-state index in [1.165, 1.54) is 95.4 Å². The number of hydrogen-bond donors (Lipinski definition) is 0. The van der Waals surface area contributed by atoms with Gasteiger partial charge in [-0.05, 0) is 144 Å². The van der Waals surface area contributed by atoms with Crippen LogP contribution < -0.4 is 4.90 Å². The molecular formula is C69H57N. The van der Waals surface area contributed by atoms with Crippen molar-refractivity contribution < 1.29 is 0 Å². The van der Waals surface area contributed by atoms with Crippen molar-refractivity contribution in [1.82, 2.24) is 0 Å². The van der Waals surface area contributed by atoms with Gasteiger partial charge >= 0.3 is 0 Å². The summed E-state index contributed by atoms with van der Waals surface area (Å²) in [4.78, 5) is 2.52. The monoisotopic (exact) mass is 899 g/mol. The van der Waals surface area contributed by atoms with E-state index in [4.69, 9.17) is 0 Å². The fraction of sp³-hybridized carbons (Fsp3) is 0.130. The molecule has 12 rings (SSSR count). The maximum absolute atomic E-state index is 2.56. The predicted molar refractivity (Wildman–Crippen MR) is 295 cm³/mol. The van der Waals surface area contributed by atoms with Crippen LogP contribution in [0.25, 0.3) is 55.6 Å². The van der Waals surface area contributed by atoms with Crippen molar-refractivity contribution in [3.63, 3.8) is 0 Å². The molecule has 0 amide bonds. The fourth-order valence-electron chi connectivity index (χ4n) is 11.9. The summed E-state index contributed by atoms with van der Waals surface area (Å²) >= 11 is 0. The second-order valence-corrected chi connectivity index (χ2v) is 20.7. The molecule has 1 nitrogen and oxygen atoms in total. The lowest BCUT2D eigenvalue weighted by atomic mass is 9.63. The van der Waals surface area contributed by atoms with Gasteiger partial charge in [-0.25, -0.2) is 0 Å². The number of nitrogens with zero attached hydrogens (tertiary/aromatic N) is 1. The zero-order chi connectivity index (χ0) is 47.5. The Kier molecular flexibility index (Phi) is 10.6. The van der Waals surface area contributed by atoms with Gasteiger partial charge in [0.15, 0.2) is 0 Å². The number of benzene rings is 10.